The Morgan fingerprint density at radius 2 is 1.96 bits per heavy atom. The Hall–Kier alpha value is -3.67. The first-order valence-corrected chi connectivity index (χ1v) is 9.02. The second-order valence-electron chi connectivity index (χ2n) is 6.14. The van der Waals surface area contributed by atoms with Gasteiger partial charge in [-0.1, -0.05) is 42.5 Å². The van der Waals surface area contributed by atoms with E-state index >= 15 is 0 Å². The quantitative estimate of drug-likeness (QED) is 0.475. The number of hydrogen-bond donors (Lipinski definition) is 0. The van der Waals surface area contributed by atoms with Crippen molar-refractivity contribution >= 4 is 11.5 Å². The van der Waals surface area contributed by atoms with Crippen molar-refractivity contribution in [3.8, 4) is 17.1 Å². The number of fused-ring (bicyclic) bond motifs is 1. The minimum absolute atomic E-state index is 0.251. The fourth-order valence-corrected chi connectivity index (χ4v) is 2.96. The van der Waals surface area contributed by atoms with Crippen LogP contribution >= 0.6 is 0 Å². The Balaban J connectivity index is 1.67. The summed E-state index contributed by atoms with van der Waals surface area (Å²) in [7, 11) is 0. The zero-order chi connectivity index (χ0) is 19.3. The third-order valence-electron chi connectivity index (χ3n) is 4.26. The number of nitrogens with zero attached hydrogens (tertiary/aromatic N) is 3. The maximum Gasteiger partial charge on any atom is 0.359 e. The van der Waals surface area contributed by atoms with Crippen molar-refractivity contribution in [3.05, 3.63) is 84.4 Å². The molecule has 0 bridgehead atoms. The molecule has 0 saturated heterocycles. The first kappa shape index (κ1) is 17.7. The zero-order valence-electron chi connectivity index (χ0n) is 15.4. The molecule has 6 heteroatoms. The van der Waals surface area contributed by atoms with E-state index in [1.54, 1.807) is 25.5 Å². The highest BCUT2D eigenvalue weighted by atomic mass is 16.5. The Morgan fingerprint density at radius 1 is 1.11 bits per heavy atom. The number of ether oxygens (including phenoxy) is 2. The Labute approximate surface area is 162 Å². The highest BCUT2D eigenvalue weighted by molar-refractivity contribution is 5.96. The number of hydrogen-bond acceptors (Lipinski definition) is 5. The van der Waals surface area contributed by atoms with Gasteiger partial charge >= 0.3 is 5.97 Å². The average molecular weight is 373 g/mol. The van der Waals surface area contributed by atoms with Gasteiger partial charge < -0.3 is 9.47 Å². The lowest BCUT2D eigenvalue weighted by atomic mass is 10.2. The summed E-state index contributed by atoms with van der Waals surface area (Å²) in [6.45, 7) is 2.53. The van der Waals surface area contributed by atoms with Gasteiger partial charge in [0.1, 0.15) is 18.2 Å². The first-order valence-electron chi connectivity index (χ1n) is 9.02. The van der Waals surface area contributed by atoms with E-state index in [2.05, 4.69) is 9.97 Å². The van der Waals surface area contributed by atoms with Crippen molar-refractivity contribution in [2.45, 2.75) is 13.5 Å². The molecule has 0 aliphatic heterocycles. The van der Waals surface area contributed by atoms with Crippen molar-refractivity contribution in [1.82, 2.24) is 14.4 Å². The summed E-state index contributed by atoms with van der Waals surface area (Å²) >= 11 is 0. The van der Waals surface area contributed by atoms with Crippen LogP contribution in [0.15, 0.2) is 73.2 Å². The van der Waals surface area contributed by atoms with Crippen molar-refractivity contribution in [3.63, 3.8) is 0 Å². The Kier molecular flexibility index (Phi) is 5.01. The second kappa shape index (κ2) is 7.92. The molecule has 2 aromatic heterocycles. The van der Waals surface area contributed by atoms with Crippen LogP contribution in [0.5, 0.6) is 5.75 Å². The molecule has 0 saturated carbocycles. The van der Waals surface area contributed by atoms with Crippen LogP contribution in [0.3, 0.4) is 0 Å². The zero-order valence-corrected chi connectivity index (χ0v) is 15.4. The monoisotopic (exact) mass is 373 g/mol. The van der Waals surface area contributed by atoms with E-state index in [1.807, 2.05) is 59.0 Å². The van der Waals surface area contributed by atoms with Gasteiger partial charge in [0.05, 0.1) is 18.3 Å². The van der Waals surface area contributed by atoms with Crippen LogP contribution in [-0.2, 0) is 11.3 Å². The van der Waals surface area contributed by atoms with Gasteiger partial charge in [0.15, 0.2) is 5.69 Å². The summed E-state index contributed by atoms with van der Waals surface area (Å²) in [5.74, 6) is 0.895. The fraction of sp³-hybridized carbons (Fsp3) is 0.136. The van der Waals surface area contributed by atoms with Crippen LogP contribution < -0.4 is 4.74 Å². The van der Waals surface area contributed by atoms with E-state index in [-0.39, 0.29) is 12.3 Å². The molecular formula is C22H19N3O3. The van der Waals surface area contributed by atoms with Gasteiger partial charge in [-0.05, 0) is 24.6 Å². The third-order valence-corrected chi connectivity index (χ3v) is 4.26. The molecule has 0 aliphatic carbocycles. The fourth-order valence-electron chi connectivity index (χ4n) is 2.96. The topological polar surface area (TPSA) is 65.7 Å². The molecule has 0 aliphatic rings. The van der Waals surface area contributed by atoms with Gasteiger partial charge in [-0.2, -0.15) is 0 Å². The molecular weight excluding hydrogens is 354 g/mol. The van der Waals surface area contributed by atoms with Crippen LogP contribution in [0.2, 0.25) is 0 Å². The van der Waals surface area contributed by atoms with Crippen molar-refractivity contribution < 1.29 is 14.3 Å². The lowest BCUT2D eigenvalue weighted by Gasteiger charge is -2.08. The number of imidazole rings is 1. The van der Waals surface area contributed by atoms with E-state index < -0.39 is 5.97 Å². The number of carbonyl (C=O) groups excluding carboxylic acids is 1. The average Bonchev–Trinajstić information content (AvgIpc) is 3.13. The largest absolute Gasteiger partial charge is 0.489 e. The van der Waals surface area contributed by atoms with Gasteiger partial charge in [0, 0.05) is 18.0 Å². The molecule has 4 aromatic rings. The van der Waals surface area contributed by atoms with Gasteiger partial charge in [0.25, 0.3) is 0 Å². The lowest BCUT2D eigenvalue weighted by Crippen LogP contribution is -2.05. The van der Waals surface area contributed by atoms with Crippen molar-refractivity contribution in [2.24, 2.45) is 0 Å². The SMILES string of the molecule is CCOC(=O)c1nc(-c2cccc(OCc3ccccc3)c2)n2ccncc12. The van der Waals surface area contributed by atoms with Crippen molar-refractivity contribution in [1.29, 1.82) is 0 Å². The standard InChI is InChI=1S/C22H19N3O3/c1-2-27-22(26)20-19-14-23-11-12-25(19)21(24-20)17-9-6-10-18(13-17)28-15-16-7-4-3-5-8-16/h3-14H,2,15H2,1H3. The molecule has 6 nitrogen and oxygen atoms in total. The Morgan fingerprint density at radius 3 is 2.79 bits per heavy atom. The molecule has 2 heterocycles. The molecule has 4 rings (SSSR count). The molecule has 0 fully saturated rings. The van der Waals surface area contributed by atoms with Crippen molar-refractivity contribution in [2.75, 3.05) is 6.61 Å². The minimum atomic E-state index is -0.462. The molecule has 2 aromatic carbocycles. The second-order valence-corrected chi connectivity index (χ2v) is 6.14. The van der Waals surface area contributed by atoms with Crippen LogP contribution in [0, 0.1) is 0 Å². The Bertz CT molecular complexity index is 1110. The number of aromatic nitrogens is 3. The summed E-state index contributed by atoms with van der Waals surface area (Å²) < 4.78 is 12.9. The molecule has 28 heavy (non-hydrogen) atoms. The van der Waals surface area contributed by atoms with Crippen LogP contribution in [0.1, 0.15) is 23.0 Å². The van der Waals surface area contributed by atoms with Crippen LogP contribution in [0.4, 0.5) is 0 Å². The third kappa shape index (κ3) is 3.57. The molecule has 0 unspecified atom stereocenters. The summed E-state index contributed by atoms with van der Waals surface area (Å²) in [4.78, 5) is 20.9. The molecule has 0 spiro atoms. The maximum atomic E-state index is 12.3. The predicted molar refractivity (Wildman–Crippen MR) is 105 cm³/mol. The highest BCUT2D eigenvalue weighted by Gasteiger charge is 2.19. The van der Waals surface area contributed by atoms with E-state index in [4.69, 9.17) is 9.47 Å². The maximum absolute atomic E-state index is 12.3. The molecule has 0 amide bonds. The van der Waals surface area contributed by atoms with E-state index in [1.165, 1.54) is 0 Å². The predicted octanol–water partition coefficient (Wildman–Crippen LogP) is 4.15. The summed E-state index contributed by atoms with van der Waals surface area (Å²) in [5, 5.41) is 0. The lowest BCUT2D eigenvalue weighted by molar-refractivity contribution is 0.0522. The van der Waals surface area contributed by atoms with E-state index in [0.717, 1.165) is 16.9 Å². The van der Waals surface area contributed by atoms with Crippen LogP contribution in [-0.4, -0.2) is 26.9 Å². The smallest absolute Gasteiger partial charge is 0.359 e. The van der Waals surface area contributed by atoms with Gasteiger partial charge in [0.2, 0.25) is 0 Å². The summed E-state index contributed by atoms with van der Waals surface area (Å²) in [5.41, 5.74) is 2.78. The number of esters is 1. The van der Waals surface area contributed by atoms with Crippen LogP contribution in [0.25, 0.3) is 16.9 Å². The first-order chi connectivity index (χ1) is 13.8. The van der Waals surface area contributed by atoms with Gasteiger partial charge in [-0.25, -0.2) is 9.78 Å². The normalized spacial score (nSPS) is 10.8. The number of rotatable bonds is 6. The molecule has 0 atom stereocenters. The molecule has 0 radical (unpaired) electrons. The molecule has 140 valence electrons. The molecule has 0 N–H and O–H groups in total. The number of carbonyl (C=O) groups is 1. The van der Waals surface area contributed by atoms with E-state index in [0.29, 0.717) is 17.9 Å². The summed E-state index contributed by atoms with van der Waals surface area (Å²) in [6, 6.07) is 17.6. The van der Waals surface area contributed by atoms with E-state index in [9.17, 15) is 4.79 Å². The number of benzene rings is 2. The van der Waals surface area contributed by atoms with Gasteiger partial charge in [-0.3, -0.25) is 9.38 Å². The van der Waals surface area contributed by atoms with Gasteiger partial charge in [-0.15, -0.1) is 0 Å². The summed E-state index contributed by atoms with van der Waals surface area (Å²) in [6.07, 6.45) is 5.04. The highest BCUT2D eigenvalue weighted by Crippen LogP contribution is 2.26. The minimum Gasteiger partial charge on any atom is -0.489 e.